The van der Waals surface area contributed by atoms with E-state index in [1.54, 1.807) is 18.2 Å². The van der Waals surface area contributed by atoms with Crippen LogP contribution < -0.4 is 15.8 Å². The third-order valence-corrected chi connectivity index (χ3v) is 2.99. The SMILES string of the molecule is CC1(C)CNCC(COc2ccccc2C(N)=O)O1. The molecule has 1 unspecified atom stereocenters. The monoisotopic (exact) mass is 264 g/mol. The predicted octanol–water partition coefficient (Wildman–Crippen LogP) is 0.931. The molecule has 1 aliphatic rings. The second kappa shape index (κ2) is 5.59. The second-order valence-corrected chi connectivity index (χ2v) is 5.30. The van der Waals surface area contributed by atoms with Crippen LogP contribution >= 0.6 is 0 Å². The molecule has 0 aliphatic carbocycles. The molecule has 0 aromatic heterocycles. The Hall–Kier alpha value is -1.59. The Kier molecular flexibility index (Phi) is 4.07. The van der Waals surface area contributed by atoms with Gasteiger partial charge in [-0.15, -0.1) is 0 Å². The minimum Gasteiger partial charge on any atom is -0.490 e. The fourth-order valence-electron chi connectivity index (χ4n) is 2.14. The number of hydrogen-bond acceptors (Lipinski definition) is 4. The molecule has 1 heterocycles. The largest absolute Gasteiger partial charge is 0.490 e. The summed E-state index contributed by atoms with van der Waals surface area (Å²) in [7, 11) is 0. The van der Waals surface area contributed by atoms with Gasteiger partial charge < -0.3 is 20.5 Å². The molecule has 5 heteroatoms. The van der Waals surface area contributed by atoms with E-state index >= 15 is 0 Å². The second-order valence-electron chi connectivity index (χ2n) is 5.30. The van der Waals surface area contributed by atoms with E-state index in [4.69, 9.17) is 15.2 Å². The van der Waals surface area contributed by atoms with Crippen molar-refractivity contribution in [2.24, 2.45) is 5.73 Å². The molecule has 19 heavy (non-hydrogen) atoms. The number of carbonyl (C=O) groups excluding carboxylic acids is 1. The van der Waals surface area contributed by atoms with Gasteiger partial charge in [0.05, 0.1) is 11.2 Å². The van der Waals surface area contributed by atoms with Gasteiger partial charge in [-0.25, -0.2) is 0 Å². The van der Waals surface area contributed by atoms with Crippen LogP contribution in [-0.4, -0.2) is 37.3 Å². The van der Waals surface area contributed by atoms with Crippen molar-refractivity contribution < 1.29 is 14.3 Å². The Labute approximate surface area is 113 Å². The number of nitrogens with two attached hydrogens (primary N) is 1. The van der Waals surface area contributed by atoms with Crippen LogP contribution in [0.3, 0.4) is 0 Å². The molecule has 2 rings (SSSR count). The lowest BCUT2D eigenvalue weighted by molar-refractivity contribution is -0.107. The summed E-state index contributed by atoms with van der Waals surface area (Å²) in [5, 5.41) is 3.30. The smallest absolute Gasteiger partial charge is 0.252 e. The third-order valence-electron chi connectivity index (χ3n) is 2.99. The summed E-state index contributed by atoms with van der Waals surface area (Å²) < 4.78 is 11.6. The third kappa shape index (κ3) is 3.68. The lowest BCUT2D eigenvalue weighted by Crippen LogP contribution is -2.52. The highest BCUT2D eigenvalue weighted by molar-refractivity contribution is 5.95. The Balaban J connectivity index is 1.97. The van der Waals surface area contributed by atoms with Gasteiger partial charge >= 0.3 is 0 Å². The highest BCUT2D eigenvalue weighted by Crippen LogP contribution is 2.20. The average molecular weight is 264 g/mol. The maximum atomic E-state index is 11.3. The topological polar surface area (TPSA) is 73.6 Å². The molecule has 0 saturated carbocycles. The molecule has 1 aromatic carbocycles. The zero-order chi connectivity index (χ0) is 13.9. The molecule has 1 amide bonds. The van der Waals surface area contributed by atoms with Crippen molar-refractivity contribution >= 4 is 5.91 Å². The first kappa shape index (κ1) is 13.8. The minimum atomic E-state index is -0.487. The number of primary amides is 1. The Morgan fingerprint density at radius 1 is 1.53 bits per heavy atom. The van der Waals surface area contributed by atoms with E-state index in [2.05, 4.69) is 5.32 Å². The van der Waals surface area contributed by atoms with E-state index in [-0.39, 0.29) is 11.7 Å². The molecule has 104 valence electrons. The molecule has 1 saturated heterocycles. The molecule has 1 fully saturated rings. The standard InChI is InChI=1S/C14H20N2O3/c1-14(2)9-16-7-10(19-14)8-18-12-6-4-3-5-11(12)13(15)17/h3-6,10,16H,7-9H2,1-2H3,(H2,15,17). The molecule has 1 aromatic rings. The van der Waals surface area contributed by atoms with E-state index in [1.165, 1.54) is 0 Å². The molecule has 0 radical (unpaired) electrons. The first-order chi connectivity index (χ1) is 8.98. The van der Waals surface area contributed by atoms with Crippen LogP contribution in [0.1, 0.15) is 24.2 Å². The average Bonchev–Trinajstić information content (AvgIpc) is 2.35. The predicted molar refractivity (Wildman–Crippen MR) is 72.3 cm³/mol. The van der Waals surface area contributed by atoms with Crippen LogP contribution in [-0.2, 0) is 4.74 Å². The van der Waals surface area contributed by atoms with Gasteiger partial charge in [-0.1, -0.05) is 12.1 Å². The quantitative estimate of drug-likeness (QED) is 0.848. The number of ether oxygens (including phenoxy) is 2. The van der Waals surface area contributed by atoms with Crippen LogP contribution in [0, 0.1) is 0 Å². The van der Waals surface area contributed by atoms with Crippen molar-refractivity contribution in [1.29, 1.82) is 0 Å². The molecule has 5 nitrogen and oxygen atoms in total. The minimum absolute atomic E-state index is 0.0373. The fraction of sp³-hybridized carbons (Fsp3) is 0.500. The zero-order valence-corrected chi connectivity index (χ0v) is 11.3. The number of rotatable bonds is 4. The highest BCUT2D eigenvalue weighted by atomic mass is 16.5. The van der Waals surface area contributed by atoms with Crippen LogP contribution in [0.15, 0.2) is 24.3 Å². The summed E-state index contributed by atoms with van der Waals surface area (Å²) in [6.07, 6.45) is -0.0373. The van der Waals surface area contributed by atoms with Crippen LogP contribution in [0.5, 0.6) is 5.75 Å². The van der Waals surface area contributed by atoms with Crippen molar-refractivity contribution in [2.45, 2.75) is 25.6 Å². The number of amides is 1. The zero-order valence-electron chi connectivity index (χ0n) is 11.3. The highest BCUT2D eigenvalue weighted by Gasteiger charge is 2.28. The summed E-state index contributed by atoms with van der Waals surface area (Å²) in [5.41, 5.74) is 5.50. The van der Waals surface area contributed by atoms with Crippen LogP contribution in [0.4, 0.5) is 0 Å². The number of hydrogen-bond donors (Lipinski definition) is 2. The fourth-order valence-corrected chi connectivity index (χ4v) is 2.14. The summed E-state index contributed by atoms with van der Waals surface area (Å²) in [6.45, 7) is 6.01. The molecule has 0 spiro atoms. The summed E-state index contributed by atoms with van der Waals surface area (Å²) in [4.78, 5) is 11.3. The summed E-state index contributed by atoms with van der Waals surface area (Å²) in [6, 6.07) is 6.96. The summed E-state index contributed by atoms with van der Waals surface area (Å²) in [5.74, 6) is 0.0144. The number of nitrogens with one attached hydrogen (secondary N) is 1. The Morgan fingerprint density at radius 2 is 2.26 bits per heavy atom. The van der Waals surface area contributed by atoms with E-state index in [0.29, 0.717) is 17.9 Å². The van der Waals surface area contributed by atoms with Crippen LogP contribution in [0.2, 0.25) is 0 Å². The molecular weight excluding hydrogens is 244 g/mol. The Bertz CT molecular complexity index is 460. The van der Waals surface area contributed by atoms with Gasteiger partial charge in [0, 0.05) is 13.1 Å². The van der Waals surface area contributed by atoms with Crippen LogP contribution in [0.25, 0.3) is 0 Å². The van der Waals surface area contributed by atoms with Gasteiger partial charge in [0.1, 0.15) is 18.5 Å². The summed E-state index contributed by atoms with van der Waals surface area (Å²) >= 11 is 0. The maximum Gasteiger partial charge on any atom is 0.252 e. The van der Waals surface area contributed by atoms with Gasteiger partial charge in [-0.05, 0) is 26.0 Å². The number of para-hydroxylation sites is 1. The first-order valence-electron chi connectivity index (χ1n) is 6.38. The molecule has 1 atom stereocenters. The van der Waals surface area contributed by atoms with Gasteiger partial charge in [0.2, 0.25) is 0 Å². The molecular formula is C14H20N2O3. The van der Waals surface area contributed by atoms with E-state index in [1.807, 2.05) is 19.9 Å². The lowest BCUT2D eigenvalue weighted by Gasteiger charge is -2.36. The molecule has 1 aliphatic heterocycles. The normalized spacial score (nSPS) is 21.9. The molecule has 0 bridgehead atoms. The maximum absolute atomic E-state index is 11.3. The van der Waals surface area contributed by atoms with Crippen molar-refractivity contribution in [3.05, 3.63) is 29.8 Å². The van der Waals surface area contributed by atoms with E-state index in [9.17, 15) is 4.79 Å². The van der Waals surface area contributed by atoms with Crippen molar-refractivity contribution in [3.8, 4) is 5.75 Å². The first-order valence-corrected chi connectivity index (χ1v) is 6.38. The van der Waals surface area contributed by atoms with E-state index < -0.39 is 5.91 Å². The van der Waals surface area contributed by atoms with Gasteiger partial charge in [-0.3, -0.25) is 4.79 Å². The van der Waals surface area contributed by atoms with Crippen molar-refractivity contribution in [2.75, 3.05) is 19.7 Å². The van der Waals surface area contributed by atoms with Crippen molar-refractivity contribution in [3.63, 3.8) is 0 Å². The van der Waals surface area contributed by atoms with E-state index in [0.717, 1.165) is 13.1 Å². The van der Waals surface area contributed by atoms with Gasteiger partial charge in [0.15, 0.2) is 0 Å². The number of carbonyl (C=O) groups is 1. The lowest BCUT2D eigenvalue weighted by atomic mass is 10.1. The van der Waals surface area contributed by atoms with Gasteiger partial charge in [0.25, 0.3) is 5.91 Å². The number of benzene rings is 1. The Morgan fingerprint density at radius 3 is 2.95 bits per heavy atom. The van der Waals surface area contributed by atoms with Gasteiger partial charge in [-0.2, -0.15) is 0 Å². The van der Waals surface area contributed by atoms with Crippen molar-refractivity contribution in [1.82, 2.24) is 5.32 Å². The molecule has 3 N–H and O–H groups in total. The number of morpholine rings is 1.